The van der Waals surface area contributed by atoms with Gasteiger partial charge in [-0.25, -0.2) is 9.78 Å². The number of carboxylic acids is 1. The number of thioether (sulfide) groups is 1. The van der Waals surface area contributed by atoms with Crippen LogP contribution in [0.3, 0.4) is 0 Å². The van der Waals surface area contributed by atoms with Crippen LogP contribution in [0.5, 0.6) is 0 Å². The molecule has 0 aromatic carbocycles. The minimum atomic E-state index is -2.07. The van der Waals surface area contributed by atoms with Crippen molar-refractivity contribution in [2.24, 2.45) is 11.1 Å². The Labute approximate surface area is 198 Å². The van der Waals surface area contributed by atoms with Crippen molar-refractivity contribution in [3.63, 3.8) is 0 Å². The van der Waals surface area contributed by atoms with Gasteiger partial charge in [-0.15, -0.1) is 34.7 Å². The minimum Gasteiger partial charge on any atom is -0.477 e. The lowest BCUT2D eigenvalue weighted by Gasteiger charge is -2.56. The number of nitrogens with zero attached hydrogens (tertiary/aromatic N) is 3. The molecule has 3 aliphatic rings. The molecular formula is C17H16ClN5O8S2. The number of aliphatic carboxylic acids is 1. The van der Waals surface area contributed by atoms with Gasteiger partial charge in [0.2, 0.25) is 5.91 Å². The molecule has 4 rings (SSSR count). The number of esters is 1. The molecule has 3 saturated heterocycles. The Balaban J connectivity index is 1.51. The molecule has 1 aromatic heterocycles. The van der Waals surface area contributed by atoms with Gasteiger partial charge in [0, 0.05) is 17.1 Å². The van der Waals surface area contributed by atoms with Crippen LogP contribution in [0.15, 0.2) is 10.5 Å². The third kappa shape index (κ3) is 3.79. The average molecular weight is 518 g/mol. The van der Waals surface area contributed by atoms with E-state index in [4.69, 9.17) is 21.2 Å². The summed E-state index contributed by atoms with van der Waals surface area (Å²) in [6.07, 6.45) is -0.107. The fourth-order valence-electron chi connectivity index (χ4n) is 3.81. The number of β-lactam (4-membered cyclic amide) rings is 1. The summed E-state index contributed by atoms with van der Waals surface area (Å²) in [4.78, 5) is 70.8. The number of carbonyl (C=O) groups is 5. The number of thiazole rings is 1. The van der Waals surface area contributed by atoms with Crippen LogP contribution in [0, 0.1) is 5.92 Å². The highest BCUT2D eigenvalue weighted by Crippen LogP contribution is 2.51. The number of rotatable bonds is 7. The zero-order valence-electron chi connectivity index (χ0n) is 16.8. The van der Waals surface area contributed by atoms with E-state index in [0.717, 1.165) is 16.2 Å². The Morgan fingerprint density at radius 2 is 2.21 bits per heavy atom. The monoisotopic (exact) mass is 517 g/mol. The fourth-order valence-corrected chi connectivity index (χ4v) is 6.15. The Kier molecular flexibility index (Phi) is 6.20. The summed E-state index contributed by atoms with van der Waals surface area (Å²) in [5, 5.41) is 19.3. The normalized spacial score (nSPS) is 28.2. The van der Waals surface area contributed by atoms with E-state index in [-0.39, 0.29) is 34.6 Å². The SMILES string of the molecule is CO/N=C(\C(=O)N[C@@H]1C(=O)N2[C@@H]1SC[C@H]1CC(=O)O[C@]12C(=O)O)c1csc(NC(=O)CCl)n1. The second-order valence-electron chi connectivity index (χ2n) is 7.10. The van der Waals surface area contributed by atoms with E-state index in [0.29, 0.717) is 0 Å². The van der Waals surface area contributed by atoms with Crippen LogP contribution >= 0.6 is 34.7 Å². The number of hydrogen-bond acceptors (Lipinski definition) is 11. The number of aromatic nitrogens is 1. The third-order valence-electron chi connectivity index (χ3n) is 5.21. The lowest BCUT2D eigenvalue weighted by molar-refractivity contribution is -0.215. The second kappa shape index (κ2) is 8.79. The molecule has 0 unspecified atom stereocenters. The molecule has 16 heteroatoms. The van der Waals surface area contributed by atoms with E-state index in [1.54, 1.807) is 0 Å². The number of nitrogens with one attached hydrogen (secondary N) is 2. The molecule has 13 nitrogen and oxygen atoms in total. The quantitative estimate of drug-likeness (QED) is 0.139. The van der Waals surface area contributed by atoms with Crippen molar-refractivity contribution in [3.8, 4) is 0 Å². The first-order valence-electron chi connectivity index (χ1n) is 9.36. The van der Waals surface area contributed by atoms with Gasteiger partial charge in [-0.05, 0) is 0 Å². The Bertz CT molecular complexity index is 1080. The van der Waals surface area contributed by atoms with E-state index in [1.165, 1.54) is 24.3 Å². The zero-order valence-corrected chi connectivity index (χ0v) is 19.2. The van der Waals surface area contributed by atoms with Gasteiger partial charge in [0.15, 0.2) is 10.8 Å². The summed E-state index contributed by atoms with van der Waals surface area (Å²) in [5.74, 6) is -4.82. The van der Waals surface area contributed by atoms with E-state index in [9.17, 15) is 29.1 Å². The van der Waals surface area contributed by atoms with E-state index in [2.05, 4.69) is 20.8 Å². The van der Waals surface area contributed by atoms with Crippen molar-refractivity contribution in [2.75, 3.05) is 24.1 Å². The molecule has 4 heterocycles. The van der Waals surface area contributed by atoms with Crippen LogP contribution in [0.25, 0.3) is 0 Å². The van der Waals surface area contributed by atoms with Crippen LogP contribution in [0.2, 0.25) is 0 Å². The lowest BCUT2D eigenvalue weighted by atomic mass is 9.89. The highest BCUT2D eigenvalue weighted by Gasteiger charge is 2.71. The van der Waals surface area contributed by atoms with Crippen molar-refractivity contribution in [1.29, 1.82) is 0 Å². The first-order valence-corrected chi connectivity index (χ1v) is 11.8. The maximum Gasteiger partial charge on any atom is 0.370 e. The molecule has 0 saturated carbocycles. The molecule has 3 aliphatic heterocycles. The number of halogens is 1. The number of carboxylic acid groups (broad SMARTS) is 1. The largest absolute Gasteiger partial charge is 0.477 e. The molecule has 3 amide bonds. The van der Waals surface area contributed by atoms with Gasteiger partial charge in [-0.1, -0.05) is 5.16 Å². The summed E-state index contributed by atoms with van der Waals surface area (Å²) >= 11 is 7.72. The smallest absolute Gasteiger partial charge is 0.370 e. The molecule has 33 heavy (non-hydrogen) atoms. The van der Waals surface area contributed by atoms with E-state index >= 15 is 0 Å². The number of ether oxygens (including phenoxy) is 1. The Hall–Kier alpha value is -2.91. The number of hydrogen-bond donors (Lipinski definition) is 3. The molecule has 0 spiro atoms. The van der Waals surface area contributed by atoms with Crippen LogP contribution in [-0.2, 0) is 33.5 Å². The Morgan fingerprint density at radius 3 is 2.88 bits per heavy atom. The number of anilines is 1. The summed E-state index contributed by atoms with van der Waals surface area (Å²) in [6.45, 7) is 0. The van der Waals surface area contributed by atoms with Crippen molar-refractivity contribution < 1.29 is 38.7 Å². The highest BCUT2D eigenvalue weighted by atomic mass is 35.5. The predicted octanol–water partition coefficient (Wildman–Crippen LogP) is -0.585. The van der Waals surface area contributed by atoms with Gasteiger partial charge in [-0.2, -0.15) is 0 Å². The minimum absolute atomic E-state index is 0.0796. The van der Waals surface area contributed by atoms with Crippen LogP contribution < -0.4 is 10.6 Å². The summed E-state index contributed by atoms with van der Waals surface area (Å²) in [7, 11) is 1.22. The van der Waals surface area contributed by atoms with Crippen molar-refractivity contribution in [1.82, 2.24) is 15.2 Å². The first kappa shape index (κ1) is 23.3. The number of fused-ring (bicyclic) bond motifs is 3. The second-order valence-corrected chi connectivity index (χ2v) is 9.38. The number of oxime groups is 1. The molecule has 0 radical (unpaired) electrons. The fraction of sp³-hybridized carbons (Fsp3) is 0.471. The van der Waals surface area contributed by atoms with E-state index < -0.39 is 52.7 Å². The highest BCUT2D eigenvalue weighted by molar-refractivity contribution is 8.00. The standard InChI is InChI=1S/C17H16ClN5O8S2/c1-30-22-10(7-5-33-16(19-7)20-8(24)3-18)12(26)21-11-13(27)23-14(11)32-4-6-2-9(25)31-17(6,23)15(28)29/h5-6,11,14H,2-4H2,1H3,(H,21,26)(H,28,29)(H,19,20,24)/b22-10-/t6-,11-,14-,17+/m1/s1. The topological polar surface area (TPSA) is 177 Å². The lowest BCUT2D eigenvalue weighted by Crippen LogP contribution is -2.80. The molecule has 3 N–H and O–H groups in total. The van der Waals surface area contributed by atoms with Gasteiger partial charge in [0.05, 0.1) is 6.42 Å². The molecule has 3 fully saturated rings. The molecular weight excluding hydrogens is 502 g/mol. The third-order valence-corrected chi connectivity index (χ3v) is 7.63. The van der Waals surface area contributed by atoms with Gasteiger partial charge < -0.3 is 25.3 Å². The summed E-state index contributed by atoms with van der Waals surface area (Å²) < 4.78 is 5.12. The first-order chi connectivity index (χ1) is 15.7. The predicted molar refractivity (Wildman–Crippen MR) is 115 cm³/mol. The molecule has 176 valence electrons. The van der Waals surface area contributed by atoms with Crippen molar-refractivity contribution >= 4 is 75.2 Å². The molecule has 4 atom stereocenters. The molecule has 1 aromatic rings. The average Bonchev–Trinajstić information content (AvgIpc) is 3.37. The zero-order chi connectivity index (χ0) is 23.9. The summed E-state index contributed by atoms with van der Waals surface area (Å²) in [5.41, 5.74) is -2.25. The van der Waals surface area contributed by atoms with Crippen molar-refractivity contribution in [3.05, 3.63) is 11.1 Å². The Morgan fingerprint density at radius 1 is 1.45 bits per heavy atom. The van der Waals surface area contributed by atoms with E-state index in [1.807, 2.05) is 0 Å². The molecule has 0 aliphatic carbocycles. The van der Waals surface area contributed by atoms with Gasteiger partial charge in [0.1, 0.15) is 30.1 Å². The number of alkyl halides is 1. The van der Waals surface area contributed by atoms with Crippen LogP contribution in [0.1, 0.15) is 12.1 Å². The van der Waals surface area contributed by atoms with Crippen LogP contribution in [0.4, 0.5) is 5.13 Å². The van der Waals surface area contributed by atoms with Crippen molar-refractivity contribution in [2.45, 2.75) is 23.6 Å². The van der Waals surface area contributed by atoms with Crippen LogP contribution in [-0.4, -0.2) is 86.2 Å². The van der Waals surface area contributed by atoms with Gasteiger partial charge >= 0.3 is 11.9 Å². The van der Waals surface area contributed by atoms with Gasteiger partial charge in [-0.3, -0.25) is 24.1 Å². The maximum absolute atomic E-state index is 12.9. The maximum atomic E-state index is 12.9. The molecule has 0 bridgehead atoms. The van der Waals surface area contributed by atoms with Gasteiger partial charge in [0.25, 0.3) is 17.5 Å². The number of carbonyl (C=O) groups excluding carboxylic acids is 4. The number of amides is 3. The summed E-state index contributed by atoms with van der Waals surface area (Å²) in [6, 6.07) is -1.07.